The van der Waals surface area contributed by atoms with Crippen LogP contribution in [0.25, 0.3) is 0 Å². The van der Waals surface area contributed by atoms with Crippen LogP contribution < -0.4 is 11.1 Å². The third-order valence-corrected chi connectivity index (χ3v) is 3.50. The molecule has 3 heterocycles. The van der Waals surface area contributed by atoms with E-state index in [1.54, 1.807) is 0 Å². The molecule has 10 heteroatoms. The van der Waals surface area contributed by atoms with Crippen LogP contribution in [0.15, 0.2) is 4.99 Å². The van der Waals surface area contributed by atoms with E-state index in [9.17, 15) is 9.90 Å². The highest BCUT2D eigenvalue weighted by Gasteiger charge is 2.55. The number of amides is 2. The van der Waals surface area contributed by atoms with Crippen LogP contribution in [-0.4, -0.2) is 72.9 Å². The van der Waals surface area contributed by atoms with Gasteiger partial charge in [-0.15, -0.1) is 0 Å². The fourth-order valence-corrected chi connectivity index (χ4v) is 2.55. The van der Waals surface area contributed by atoms with E-state index in [0.29, 0.717) is 6.61 Å². The molecular formula is C11H18N4O6. The number of aliphatic imine (C=N–C) groups is 1. The lowest BCUT2D eigenvalue weighted by Crippen LogP contribution is -2.56. The van der Waals surface area contributed by atoms with Crippen LogP contribution >= 0.6 is 0 Å². The van der Waals surface area contributed by atoms with Crippen molar-refractivity contribution < 1.29 is 28.8 Å². The first-order chi connectivity index (χ1) is 10.1. The molecular weight excluding hydrogens is 284 g/mol. The molecule has 4 N–H and O–H groups in total. The van der Waals surface area contributed by atoms with Crippen LogP contribution in [-0.2, 0) is 18.9 Å². The molecule has 3 aliphatic rings. The van der Waals surface area contributed by atoms with E-state index in [2.05, 4.69) is 10.3 Å². The maximum Gasteiger partial charge on any atom is 0.327 e. The monoisotopic (exact) mass is 302 g/mol. The first kappa shape index (κ1) is 14.5. The number of hydrogen-bond donors (Lipinski definition) is 3. The highest BCUT2D eigenvalue weighted by molar-refractivity contribution is 5.96. The van der Waals surface area contributed by atoms with Crippen molar-refractivity contribution in [2.45, 2.75) is 37.9 Å². The van der Waals surface area contributed by atoms with Crippen LogP contribution in [0.5, 0.6) is 0 Å². The number of fused-ring (bicyclic) bond motifs is 1. The number of nitrogens with zero attached hydrogens (tertiary/aromatic N) is 2. The summed E-state index contributed by atoms with van der Waals surface area (Å²) in [6.07, 6.45) is -2.39. The van der Waals surface area contributed by atoms with E-state index in [0.717, 1.165) is 0 Å². The second-order valence-corrected chi connectivity index (χ2v) is 4.78. The molecule has 0 bridgehead atoms. The number of nitrogens with two attached hydrogens (primary N) is 1. The smallest absolute Gasteiger partial charge is 0.327 e. The van der Waals surface area contributed by atoms with Gasteiger partial charge in [-0.05, 0) is 6.92 Å². The molecule has 10 nitrogen and oxygen atoms in total. The number of urea groups is 1. The molecule has 0 radical (unpaired) electrons. The summed E-state index contributed by atoms with van der Waals surface area (Å²) < 4.78 is 22.1. The van der Waals surface area contributed by atoms with Gasteiger partial charge in [-0.2, -0.15) is 0 Å². The first-order valence-corrected chi connectivity index (χ1v) is 6.70. The van der Waals surface area contributed by atoms with E-state index in [4.69, 9.17) is 24.7 Å². The molecule has 0 aromatic carbocycles. The second kappa shape index (κ2) is 5.73. The lowest BCUT2D eigenvalue weighted by atomic mass is 10.1. The Morgan fingerprint density at radius 3 is 2.90 bits per heavy atom. The number of ether oxygens (including phenoxy) is 4. The molecule has 5 atom stereocenters. The summed E-state index contributed by atoms with van der Waals surface area (Å²) in [5, 5.41) is 11.8. The lowest BCUT2D eigenvalue weighted by Gasteiger charge is -2.32. The molecule has 2 saturated heterocycles. The number of aliphatic hydroxyl groups excluding tert-OH is 1. The Morgan fingerprint density at radius 2 is 2.24 bits per heavy atom. The van der Waals surface area contributed by atoms with Gasteiger partial charge in [-0.3, -0.25) is 10.2 Å². The van der Waals surface area contributed by atoms with Crippen LogP contribution in [0.4, 0.5) is 4.79 Å². The summed E-state index contributed by atoms with van der Waals surface area (Å²) in [5.41, 5.74) is 5.44. The molecule has 118 valence electrons. The third-order valence-electron chi connectivity index (χ3n) is 3.50. The average Bonchev–Trinajstić information content (AvgIpc) is 2.98. The van der Waals surface area contributed by atoms with Gasteiger partial charge in [0.25, 0.3) is 6.48 Å². The zero-order valence-corrected chi connectivity index (χ0v) is 11.5. The number of nitrogens with one attached hydrogen (secondary N) is 1. The van der Waals surface area contributed by atoms with Crippen molar-refractivity contribution >= 4 is 12.0 Å². The fourth-order valence-electron chi connectivity index (χ4n) is 2.55. The van der Waals surface area contributed by atoms with Gasteiger partial charge in [-0.25, -0.2) is 9.79 Å². The molecule has 0 saturated carbocycles. The van der Waals surface area contributed by atoms with Crippen LogP contribution in [0.1, 0.15) is 6.92 Å². The summed E-state index contributed by atoms with van der Waals surface area (Å²) in [6.45, 7) is 1.21. The third kappa shape index (κ3) is 2.56. The van der Waals surface area contributed by atoms with Crippen LogP contribution in [0.2, 0.25) is 0 Å². The SMILES string of the molecule is CCOC1OC2C(O1)[C@@H](CO)O[C@H]2N1CN=C(N)NC1=O. The Labute approximate surface area is 120 Å². The molecule has 0 aromatic rings. The van der Waals surface area contributed by atoms with Crippen molar-refractivity contribution in [2.75, 3.05) is 19.9 Å². The first-order valence-electron chi connectivity index (χ1n) is 6.70. The number of aliphatic hydroxyl groups is 1. The van der Waals surface area contributed by atoms with Gasteiger partial charge in [0.2, 0.25) is 0 Å². The second-order valence-electron chi connectivity index (χ2n) is 4.78. The molecule has 2 amide bonds. The Kier molecular flexibility index (Phi) is 3.95. The highest BCUT2D eigenvalue weighted by atomic mass is 16.9. The number of hydrogen-bond acceptors (Lipinski definition) is 8. The molecule has 0 spiro atoms. The zero-order valence-electron chi connectivity index (χ0n) is 11.5. The van der Waals surface area contributed by atoms with E-state index >= 15 is 0 Å². The Hall–Kier alpha value is -1.46. The van der Waals surface area contributed by atoms with Gasteiger partial charge in [0, 0.05) is 6.61 Å². The largest absolute Gasteiger partial charge is 0.394 e. The van der Waals surface area contributed by atoms with Crippen LogP contribution in [0, 0.1) is 0 Å². The van der Waals surface area contributed by atoms with Gasteiger partial charge >= 0.3 is 6.03 Å². The van der Waals surface area contributed by atoms with Gasteiger partial charge < -0.3 is 29.8 Å². The van der Waals surface area contributed by atoms with Crippen molar-refractivity contribution in [3.63, 3.8) is 0 Å². The topological polar surface area (TPSA) is 128 Å². The molecule has 0 aliphatic carbocycles. The Balaban J connectivity index is 1.75. The minimum absolute atomic E-state index is 0.0480. The number of carbonyl (C=O) groups excluding carboxylic acids is 1. The summed E-state index contributed by atoms with van der Waals surface area (Å²) in [5.74, 6) is 0.0558. The number of guanidine groups is 1. The van der Waals surface area contributed by atoms with E-state index in [1.165, 1.54) is 4.90 Å². The van der Waals surface area contributed by atoms with Gasteiger partial charge in [0.15, 0.2) is 12.2 Å². The molecule has 2 fully saturated rings. The maximum atomic E-state index is 12.0. The zero-order chi connectivity index (χ0) is 15.0. The van der Waals surface area contributed by atoms with Gasteiger partial charge in [0.05, 0.1) is 6.61 Å². The molecule has 0 aromatic heterocycles. The van der Waals surface area contributed by atoms with E-state index in [-0.39, 0.29) is 19.2 Å². The predicted molar refractivity (Wildman–Crippen MR) is 67.8 cm³/mol. The molecule has 21 heavy (non-hydrogen) atoms. The van der Waals surface area contributed by atoms with Crippen molar-refractivity contribution in [1.82, 2.24) is 10.2 Å². The van der Waals surface area contributed by atoms with E-state index in [1.807, 2.05) is 6.92 Å². The van der Waals surface area contributed by atoms with Gasteiger partial charge in [0.1, 0.15) is 25.0 Å². The summed E-state index contributed by atoms with van der Waals surface area (Å²) in [4.78, 5) is 17.2. The quantitative estimate of drug-likeness (QED) is 0.553. The Bertz CT molecular complexity index is 446. The van der Waals surface area contributed by atoms with Crippen molar-refractivity contribution in [3.05, 3.63) is 0 Å². The van der Waals surface area contributed by atoms with Gasteiger partial charge in [-0.1, -0.05) is 0 Å². The average molecular weight is 302 g/mol. The lowest BCUT2D eigenvalue weighted by molar-refractivity contribution is -0.267. The van der Waals surface area contributed by atoms with E-state index < -0.39 is 37.0 Å². The normalized spacial score (nSPS) is 39.1. The Morgan fingerprint density at radius 1 is 1.48 bits per heavy atom. The standard InChI is InChI=1S/C11H18N4O6/c1-2-18-11-20-6-5(3-16)19-8(7(6)21-11)15-4-13-9(12)14-10(15)17/h5-8,11,16H,2-4H2,1H3,(H3,12,13,14,17)/t5-,6?,7?,8-,11?/m1/s1. The van der Waals surface area contributed by atoms with Crippen LogP contribution in [0.3, 0.4) is 0 Å². The predicted octanol–water partition coefficient (Wildman–Crippen LogP) is -1.89. The van der Waals surface area contributed by atoms with Crippen molar-refractivity contribution in [2.24, 2.45) is 10.7 Å². The number of rotatable bonds is 4. The summed E-state index contributed by atoms with van der Waals surface area (Å²) >= 11 is 0. The van der Waals surface area contributed by atoms with Crippen molar-refractivity contribution in [3.8, 4) is 0 Å². The number of carbonyl (C=O) groups is 1. The molecule has 3 aliphatic heterocycles. The minimum atomic E-state index is -0.827. The summed E-state index contributed by atoms with van der Waals surface area (Å²) in [7, 11) is 0. The molecule has 3 rings (SSSR count). The molecule has 3 unspecified atom stereocenters. The maximum absolute atomic E-state index is 12.0. The summed E-state index contributed by atoms with van der Waals surface area (Å²) in [6, 6.07) is -0.437. The highest BCUT2D eigenvalue weighted by Crippen LogP contribution is 2.35. The fraction of sp³-hybridized carbons (Fsp3) is 0.818. The van der Waals surface area contributed by atoms with Crippen molar-refractivity contribution in [1.29, 1.82) is 0 Å². The minimum Gasteiger partial charge on any atom is -0.394 e.